The Hall–Kier alpha value is -5.40. The van der Waals surface area contributed by atoms with Crippen LogP contribution in [0.25, 0.3) is 33.6 Å². The van der Waals surface area contributed by atoms with E-state index in [9.17, 15) is 29.8 Å². The Labute approximate surface area is 261 Å². The highest BCUT2D eigenvalue weighted by molar-refractivity contribution is 5.89. The molecule has 0 atom stereocenters. The molecule has 46 heavy (non-hydrogen) atoms. The minimum absolute atomic E-state index is 0.0654. The van der Waals surface area contributed by atoms with Crippen molar-refractivity contribution in [3.63, 3.8) is 0 Å². The van der Waals surface area contributed by atoms with Crippen LogP contribution in [0.1, 0.15) is 62.9 Å². The molecule has 0 spiro atoms. The molecule has 6 rings (SSSR count). The van der Waals surface area contributed by atoms with Gasteiger partial charge in [0.15, 0.2) is 24.7 Å². The lowest BCUT2D eigenvalue weighted by Crippen LogP contribution is -2.14. The molecule has 2 aliphatic rings. The average molecular weight is 631 g/mol. The summed E-state index contributed by atoms with van der Waals surface area (Å²) in [7, 11) is 0. The number of carbonyl (C=O) groups excluding carboxylic acids is 2. The summed E-state index contributed by atoms with van der Waals surface area (Å²) in [6, 6.07) is 11.3. The van der Waals surface area contributed by atoms with E-state index < -0.39 is 9.85 Å². The van der Waals surface area contributed by atoms with Gasteiger partial charge in [-0.25, -0.2) is 0 Å². The van der Waals surface area contributed by atoms with Crippen LogP contribution in [0.4, 0.5) is 11.4 Å². The molecule has 2 aromatic heterocycles. The van der Waals surface area contributed by atoms with Crippen molar-refractivity contribution >= 4 is 23.3 Å². The number of rotatable bonds is 11. The summed E-state index contributed by atoms with van der Waals surface area (Å²) in [6.45, 7) is -0.258. The third-order valence-electron chi connectivity index (χ3n) is 8.48. The van der Waals surface area contributed by atoms with E-state index in [1.165, 1.54) is 42.5 Å². The smallest absolute Gasteiger partial charge is 0.309 e. The molecular weight excluding hydrogens is 600 g/mol. The zero-order valence-electron chi connectivity index (χ0n) is 24.7. The zero-order valence-corrected chi connectivity index (χ0v) is 24.7. The zero-order chi connectivity index (χ0) is 32.2. The van der Waals surface area contributed by atoms with Crippen LogP contribution in [0.2, 0.25) is 0 Å². The highest BCUT2D eigenvalue weighted by Crippen LogP contribution is 2.41. The normalized spacial score (nSPS) is 15.2. The molecule has 238 valence electrons. The number of ether oxygens (including phenoxy) is 2. The summed E-state index contributed by atoms with van der Waals surface area (Å²) in [5, 5.41) is 32.0. The molecule has 4 aromatic rings. The first kappa shape index (κ1) is 30.6. The number of hydrogen-bond donors (Lipinski definition) is 0. The van der Waals surface area contributed by atoms with Gasteiger partial charge in [-0.2, -0.15) is 0 Å². The van der Waals surface area contributed by atoms with Gasteiger partial charge in [-0.05, 0) is 43.9 Å². The van der Waals surface area contributed by atoms with Gasteiger partial charge in [0, 0.05) is 47.0 Å². The molecule has 0 aliphatic heterocycles. The van der Waals surface area contributed by atoms with Crippen molar-refractivity contribution in [3.8, 4) is 33.6 Å². The summed E-state index contributed by atoms with van der Waals surface area (Å²) in [5.41, 5.74) is 0.925. The molecule has 2 aromatic carbocycles. The van der Waals surface area contributed by atoms with E-state index in [0.717, 1.165) is 51.4 Å². The largest absolute Gasteiger partial charge is 0.457 e. The maximum Gasteiger partial charge on any atom is 0.309 e. The fraction of sp³-hybridized carbons (Fsp3) is 0.375. The Kier molecular flexibility index (Phi) is 8.85. The summed E-state index contributed by atoms with van der Waals surface area (Å²) in [4.78, 5) is 47.4. The number of aromatic nitrogens is 2. The first-order valence-corrected chi connectivity index (χ1v) is 15.1. The van der Waals surface area contributed by atoms with E-state index in [1.54, 1.807) is 6.07 Å². The molecule has 0 amide bonds. The number of nitro groups is 2. The first-order valence-electron chi connectivity index (χ1n) is 15.1. The van der Waals surface area contributed by atoms with Crippen LogP contribution in [-0.2, 0) is 32.3 Å². The van der Waals surface area contributed by atoms with Crippen molar-refractivity contribution < 1.29 is 38.0 Å². The van der Waals surface area contributed by atoms with E-state index >= 15 is 0 Å². The molecule has 0 bridgehead atoms. The third kappa shape index (κ3) is 6.65. The molecule has 14 heteroatoms. The number of benzene rings is 2. The lowest BCUT2D eigenvalue weighted by molar-refractivity contribution is -0.385. The van der Waals surface area contributed by atoms with Crippen molar-refractivity contribution in [1.82, 2.24) is 10.3 Å². The van der Waals surface area contributed by atoms with Gasteiger partial charge < -0.3 is 18.5 Å². The SMILES string of the molecule is O=C(OCc1cc(-c2ccc([N+](=O)[O-])c(-c3cc([N+](=O)[O-])ccc3-c3cc(COC(=O)C4CCCC4)on3)c2)no1)C1CCCC1. The Bertz CT molecular complexity index is 1780. The van der Waals surface area contributed by atoms with Gasteiger partial charge >= 0.3 is 11.9 Å². The van der Waals surface area contributed by atoms with Crippen LogP contribution in [0.5, 0.6) is 0 Å². The molecular formula is C32H30N4O10. The van der Waals surface area contributed by atoms with Gasteiger partial charge in [-0.1, -0.05) is 36.0 Å². The fourth-order valence-electron chi connectivity index (χ4n) is 6.03. The molecule has 2 aliphatic carbocycles. The number of nitro benzene ring substituents is 2. The second kappa shape index (κ2) is 13.3. The van der Waals surface area contributed by atoms with E-state index in [4.69, 9.17) is 18.5 Å². The molecule has 0 unspecified atom stereocenters. The van der Waals surface area contributed by atoms with Crippen molar-refractivity contribution in [2.24, 2.45) is 11.8 Å². The van der Waals surface area contributed by atoms with Crippen LogP contribution >= 0.6 is 0 Å². The number of carbonyl (C=O) groups is 2. The Morgan fingerprint density at radius 1 is 0.696 bits per heavy atom. The minimum Gasteiger partial charge on any atom is -0.457 e. The van der Waals surface area contributed by atoms with Crippen LogP contribution in [0.15, 0.2) is 57.6 Å². The number of nitrogens with zero attached hydrogens (tertiary/aromatic N) is 4. The minimum atomic E-state index is -0.601. The molecule has 0 saturated heterocycles. The Morgan fingerprint density at radius 3 is 1.83 bits per heavy atom. The average Bonchev–Trinajstić information content (AvgIpc) is 3.90. The molecule has 2 saturated carbocycles. The van der Waals surface area contributed by atoms with E-state index in [0.29, 0.717) is 22.6 Å². The molecule has 14 nitrogen and oxygen atoms in total. The monoisotopic (exact) mass is 630 g/mol. The lowest BCUT2D eigenvalue weighted by Gasteiger charge is -2.10. The van der Waals surface area contributed by atoms with E-state index in [2.05, 4.69) is 10.3 Å². The van der Waals surface area contributed by atoms with Crippen LogP contribution in [-0.4, -0.2) is 32.1 Å². The summed E-state index contributed by atoms with van der Waals surface area (Å²) < 4.78 is 21.6. The molecule has 2 fully saturated rings. The van der Waals surface area contributed by atoms with Gasteiger partial charge in [0.2, 0.25) is 0 Å². The standard InChI is InChI=1S/C32H30N4O10/c37-31(19-5-1-2-6-19)43-17-23-15-28(33-45-23)21-9-12-30(36(41)42)27(13-21)26-14-22(35(39)40)10-11-25(26)29-16-24(46-34-29)18-44-32(38)20-7-3-4-8-20/h9-16,19-20H,1-8,17-18H2. The summed E-state index contributed by atoms with van der Waals surface area (Å²) in [5.74, 6) is -0.296. The summed E-state index contributed by atoms with van der Waals surface area (Å²) >= 11 is 0. The predicted molar refractivity (Wildman–Crippen MR) is 160 cm³/mol. The van der Waals surface area contributed by atoms with Crippen molar-refractivity contribution in [1.29, 1.82) is 0 Å². The molecule has 2 heterocycles. The maximum absolute atomic E-state index is 12.4. The lowest BCUT2D eigenvalue weighted by atomic mass is 9.93. The Morgan fingerprint density at radius 2 is 1.26 bits per heavy atom. The Balaban J connectivity index is 1.29. The maximum atomic E-state index is 12.4. The number of hydrogen-bond acceptors (Lipinski definition) is 12. The van der Waals surface area contributed by atoms with Crippen LogP contribution in [0, 0.1) is 32.1 Å². The summed E-state index contributed by atoms with van der Waals surface area (Å²) in [6.07, 6.45) is 7.13. The van der Waals surface area contributed by atoms with Crippen LogP contribution in [0.3, 0.4) is 0 Å². The van der Waals surface area contributed by atoms with Crippen molar-refractivity contribution in [2.45, 2.75) is 64.6 Å². The van der Waals surface area contributed by atoms with Crippen molar-refractivity contribution in [3.05, 3.63) is 80.3 Å². The second-order valence-corrected chi connectivity index (χ2v) is 11.5. The van der Waals surface area contributed by atoms with Gasteiger partial charge in [0.05, 0.1) is 27.2 Å². The quantitative estimate of drug-likeness (QED) is 0.0942. The number of non-ortho nitro benzene ring substituents is 1. The third-order valence-corrected chi connectivity index (χ3v) is 8.48. The predicted octanol–water partition coefficient (Wildman–Crippen LogP) is 6.95. The number of esters is 2. The van der Waals surface area contributed by atoms with E-state index in [-0.39, 0.29) is 70.9 Å². The highest BCUT2D eigenvalue weighted by Gasteiger charge is 2.27. The van der Waals surface area contributed by atoms with Gasteiger partial charge in [0.1, 0.15) is 11.4 Å². The van der Waals surface area contributed by atoms with Gasteiger partial charge in [0.25, 0.3) is 11.4 Å². The second-order valence-electron chi connectivity index (χ2n) is 11.5. The first-order chi connectivity index (χ1) is 22.3. The van der Waals surface area contributed by atoms with Gasteiger partial charge in [-0.15, -0.1) is 0 Å². The van der Waals surface area contributed by atoms with Crippen LogP contribution < -0.4 is 0 Å². The topological polar surface area (TPSA) is 191 Å². The van der Waals surface area contributed by atoms with Crippen molar-refractivity contribution in [2.75, 3.05) is 0 Å². The fourth-order valence-corrected chi connectivity index (χ4v) is 6.03. The molecule has 0 radical (unpaired) electrons. The highest BCUT2D eigenvalue weighted by atomic mass is 16.6. The molecule has 0 N–H and O–H groups in total. The van der Waals surface area contributed by atoms with Gasteiger partial charge in [-0.3, -0.25) is 29.8 Å². The van der Waals surface area contributed by atoms with E-state index in [1.807, 2.05) is 0 Å².